The topological polar surface area (TPSA) is 106 Å². The van der Waals surface area contributed by atoms with Gasteiger partial charge in [-0.2, -0.15) is 5.26 Å². The number of benzene rings is 2. The van der Waals surface area contributed by atoms with Gasteiger partial charge >= 0.3 is 6.03 Å². The molecule has 0 aromatic heterocycles. The highest BCUT2D eigenvalue weighted by molar-refractivity contribution is 5.97. The molecule has 2 saturated heterocycles. The van der Waals surface area contributed by atoms with E-state index in [1.54, 1.807) is 17.9 Å². The van der Waals surface area contributed by atoms with Gasteiger partial charge in [-0.3, -0.25) is 9.59 Å². The molecule has 188 valence electrons. The fourth-order valence-corrected chi connectivity index (χ4v) is 5.00. The highest BCUT2D eigenvalue weighted by Gasteiger charge is 2.26. The van der Waals surface area contributed by atoms with Crippen molar-refractivity contribution >= 4 is 23.5 Å². The Morgan fingerprint density at radius 3 is 2.17 bits per heavy atom. The average Bonchev–Trinajstić information content (AvgIpc) is 2.90. The van der Waals surface area contributed by atoms with Crippen LogP contribution in [0.4, 0.5) is 10.5 Å². The van der Waals surface area contributed by atoms with Gasteiger partial charge in [-0.05, 0) is 73.9 Å². The Labute approximate surface area is 212 Å². The largest absolute Gasteiger partial charge is 0.343 e. The van der Waals surface area contributed by atoms with Crippen LogP contribution in [-0.2, 0) is 4.79 Å². The summed E-state index contributed by atoms with van der Waals surface area (Å²) in [6.07, 6.45) is 3.20. The van der Waals surface area contributed by atoms with Crippen LogP contribution in [0.3, 0.4) is 0 Å². The van der Waals surface area contributed by atoms with Gasteiger partial charge in [0.2, 0.25) is 5.91 Å². The molecule has 4 amide bonds. The van der Waals surface area contributed by atoms with E-state index in [9.17, 15) is 14.4 Å². The van der Waals surface area contributed by atoms with Crippen LogP contribution in [0.15, 0.2) is 42.5 Å². The van der Waals surface area contributed by atoms with Crippen molar-refractivity contribution in [2.75, 3.05) is 31.5 Å². The number of nitriles is 1. The Hall–Kier alpha value is -3.86. The summed E-state index contributed by atoms with van der Waals surface area (Å²) in [5.74, 6) is 0.407. The van der Waals surface area contributed by atoms with Crippen LogP contribution >= 0.6 is 0 Å². The maximum absolute atomic E-state index is 13.2. The van der Waals surface area contributed by atoms with Gasteiger partial charge in [0, 0.05) is 50.4 Å². The summed E-state index contributed by atoms with van der Waals surface area (Å²) in [4.78, 5) is 41.0. The van der Waals surface area contributed by atoms with E-state index in [1.807, 2.05) is 48.2 Å². The number of aryl methyl sites for hydroxylation is 1. The van der Waals surface area contributed by atoms with Crippen LogP contribution in [0.5, 0.6) is 0 Å². The number of rotatable bonds is 4. The Kier molecular flexibility index (Phi) is 7.89. The molecule has 4 rings (SSSR count). The lowest BCUT2D eigenvalue weighted by Crippen LogP contribution is -2.47. The van der Waals surface area contributed by atoms with Gasteiger partial charge in [-0.1, -0.05) is 18.2 Å². The minimum atomic E-state index is -0.299. The fourth-order valence-electron chi connectivity index (χ4n) is 5.00. The summed E-state index contributed by atoms with van der Waals surface area (Å²) in [6.45, 7) is 6.09. The molecule has 2 aliphatic rings. The van der Waals surface area contributed by atoms with Crippen LogP contribution in [0.25, 0.3) is 0 Å². The number of piperidine rings is 2. The minimum Gasteiger partial charge on any atom is -0.343 e. The molecule has 8 nitrogen and oxygen atoms in total. The van der Waals surface area contributed by atoms with Crippen molar-refractivity contribution in [1.82, 2.24) is 15.1 Å². The number of anilines is 1. The zero-order valence-electron chi connectivity index (χ0n) is 20.9. The van der Waals surface area contributed by atoms with Gasteiger partial charge in [0.25, 0.3) is 5.91 Å². The minimum absolute atomic E-state index is 0.0168. The first-order valence-electron chi connectivity index (χ1n) is 12.6. The first-order valence-corrected chi connectivity index (χ1v) is 12.6. The lowest BCUT2D eigenvalue weighted by molar-refractivity contribution is -0.129. The number of carbonyl (C=O) groups excluding carboxylic acids is 3. The van der Waals surface area contributed by atoms with Crippen LogP contribution in [0, 0.1) is 18.3 Å². The van der Waals surface area contributed by atoms with E-state index in [4.69, 9.17) is 5.26 Å². The molecule has 2 fully saturated rings. The Morgan fingerprint density at radius 2 is 1.56 bits per heavy atom. The van der Waals surface area contributed by atoms with Gasteiger partial charge in [0.1, 0.15) is 0 Å². The molecular formula is C28H33N5O3. The molecule has 0 atom stereocenters. The van der Waals surface area contributed by atoms with Gasteiger partial charge in [0.15, 0.2) is 0 Å². The Bertz CT molecular complexity index is 1150. The second kappa shape index (κ2) is 11.3. The van der Waals surface area contributed by atoms with E-state index >= 15 is 0 Å². The van der Waals surface area contributed by atoms with Crippen molar-refractivity contribution in [1.29, 1.82) is 5.26 Å². The SMILES string of the molecule is CC(=O)N1CCC(NC(=O)Nc2cc(C(=O)N3CCC(c4ccc(C#N)cc4)CC3)ccc2C)CC1. The highest BCUT2D eigenvalue weighted by atomic mass is 16.2. The molecule has 2 N–H and O–H groups in total. The summed E-state index contributed by atoms with van der Waals surface area (Å²) in [7, 11) is 0. The first kappa shape index (κ1) is 25.2. The van der Waals surface area contributed by atoms with Crippen molar-refractivity contribution in [3.8, 4) is 6.07 Å². The van der Waals surface area contributed by atoms with Crippen molar-refractivity contribution in [2.24, 2.45) is 0 Å². The highest BCUT2D eigenvalue weighted by Crippen LogP contribution is 2.29. The lowest BCUT2D eigenvalue weighted by Gasteiger charge is -2.32. The van der Waals surface area contributed by atoms with E-state index in [0.29, 0.717) is 48.9 Å². The molecule has 0 radical (unpaired) electrons. The second-order valence-electron chi connectivity index (χ2n) is 9.71. The second-order valence-corrected chi connectivity index (χ2v) is 9.71. The normalized spacial score (nSPS) is 16.8. The predicted molar refractivity (Wildman–Crippen MR) is 138 cm³/mol. The maximum Gasteiger partial charge on any atom is 0.319 e. The smallest absolute Gasteiger partial charge is 0.319 e. The van der Waals surface area contributed by atoms with Crippen molar-refractivity contribution in [2.45, 2.75) is 51.5 Å². The third-order valence-corrected chi connectivity index (χ3v) is 7.30. The van der Waals surface area contributed by atoms with Gasteiger partial charge in [-0.15, -0.1) is 0 Å². The molecule has 2 aliphatic heterocycles. The quantitative estimate of drug-likeness (QED) is 0.679. The summed E-state index contributed by atoms with van der Waals surface area (Å²) in [5.41, 5.74) is 3.92. The van der Waals surface area contributed by atoms with Gasteiger partial charge in [-0.25, -0.2) is 4.79 Å². The molecular weight excluding hydrogens is 454 g/mol. The average molecular weight is 488 g/mol. The summed E-state index contributed by atoms with van der Waals surface area (Å²) >= 11 is 0. The van der Waals surface area contributed by atoms with Gasteiger partial charge in [0.05, 0.1) is 11.6 Å². The molecule has 0 aliphatic carbocycles. The lowest BCUT2D eigenvalue weighted by atomic mass is 9.89. The molecule has 2 aromatic rings. The number of hydrogen-bond acceptors (Lipinski definition) is 4. The van der Waals surface area contributed by atoms with Crippen LogP contribution in [0.2, 0.25) is 0 Å². The summed E-state index contributed by atoms with van der Waals surface area (Å²) < 4.78 is 0. The Balaban J connectivity index is 1.32. The number of likely N-dealkylation sites (tertiary alicyclic amines) is 2. The van der Waals surface area contributed by atoms with Crippen molar-refractivity contribution in [3.05, 3.63) is 64.7 Å². The molecule has 8 heteroatoms. The number of hydrogen-bond donors (Lipinski definition) is 2. The molecule has 2 aromatic carbocycles. The third kappa shape index (κ3) is 6.03. The zero-order valence-corrected chi connectivity index (χ0v) is 20.9. The van der Waals surface area contributed by atoms with E-state index in [1.165, 1.54) is 5.56 Å². The van der Waals surface area contributed by atoms with Crippen LogP contribution < -0.4 is 10.6 Å². The predicted octanol–water partition coefficient (Wildman–Crippen LogP) is 4.02. The molecule has 0 unspecified atom stereocenters. The molecule has 0 spiro atoms. The number of nitrogens with one attached hydrogen (secondary N) is 2. The molecule has 36 heavy (non-hydrogen) atoms. The number of urea groups is 1. The molecule has 0 saturated carbocycles. The monoisotopic (exact) mass is 487 g/mol. The molecule has 2 heterocycles. The third-order valence-electron chi connectivity index (χ3n) is 7.30. The zero-order chi connectivity index (χ0) is 25.7. The van der Waals surface area contributed by atoms with Crippen LogP contribution in [0.1, 0.15) is 65.6 Å². The first-order chi connectivity index (χ1) is 17.3. The van der Waals surface area contributed by atoms with E-state index in [2.05, 4.69) is 16.7 Å². The van der Waals surface area contributed by atoms with Crippen molar-refractivity contribution in [3.63, 3.8) is 0 Å². The fraction of sp³-hybridized carbons (Fsp3) is 0.429. The maximum atomic E-state index is 13.2. The number of amides is 4. The standard InChI is InChI=1S/C28H33N5O3/c1-19-3-6-24(17-26(19)31-28(36)30-25-11-15-32(16-12-25)20(2)34)27(35)33-13-9-23(10-14-33)22-7-4-21(18-29)5-8-22/h3-8,17,23,25H,9-16H2,1-2H3,(H2,30,31,36). The van der Waals surface area contributed by atoms with E-state index in [0.717, 1.165) is 31.2 Å². The number of nitrogens with zero attached hydrogens (tertiary/aromatic N) is 3. The Morgan fingerprint density at radius 1 is 0.917 bits per heavy atom. The van der Waals surface area contributed by atoms with E-state index in [-0.39, 0.29) is 23.9 Å². The van der Waals surface area contributed by atoms with Gasteiger partial charge < -0.3 is 20.4 Å². The molecule has 0 bridgehead atoms. The van der Waals surface area contributed by atoms with Crippen LogP contribution in [-0.4, -0.2) is 59.9 Å². The van der Waals surface area contributed by atoms with E-state index < -0.39 is 0 Å². The number of carbonyl (C=O) groups is 3. The summed E-state index contributed by atoms with van der Waals surface area (Å²) in [6, 6.07) is 15.0. The summed E-state index contributed by atoms with van der Waals surface area (Å²) in [5, 5.41) is 14.9. The van der Waals surface area contributed by atoms with Crippen molar-refractivity contribution < 1.29 is 14.4 Å².